The van der Waals surface area contributed by atoms with Gasteiger partial charge in [0.1, 0.15) is 0 Å². The number of hydrogen-bond donors (Lipinski definition) is 1. The SMILES string of the molecule is CC1(C)CN(C(=O)c2ccc(-n3ccnc3)cc2)CCC1N. The first-order valence-electron chi connectivity index (χ1n) is 7.61. The maximum Gasteiger partial charge on any atom is 0.253 e. The molecule has 0 bridgehead atoms. The van der Waals surface area contributed by atoms with Gasteiger partial charge in [-0.1, -0.05) is 13.8 Å². The lowest BCUT2D eigenvalue weighted by atomic mass is 9.79. The number of hydrogen-bond acceptors (Lipinski definition) is 3. The van der Waals surface area contributed by atoms with Gasteiger partial charge in [-0.3, -0.25) is 4.79 Å². The molecular formula is C17H22N4O. The summed E-state index contributed by atoms with van der Waals surface area (Å²) in [6, 6.07) is 7.78. The Morgan fingerprint density at radius 2 is 2.05 bits per heavy atom. The lowest BCUT2D eigenvalue weighted by Gasteiger charge is -2.42. The number of nitrogens with zero attached hydrogens (tertiary/aromatic N) is 3. The van der Waals surface area contributed by atoms with Gasteiger partial charge in [-0.05, 0) is 36.1 Å². The van der Waals surface area contributed by atoms with E-state index in [4.69, 9.17) is 5.73 Å². The average molecular weight is 298 g/mol. The van der Waals surface area contributed by atoms with Gasteiger partial charge in [-0.15, -0.1) is 0 Å². The minimum absolute atomic E-state index is 0.0370. The predicted octanol–water partition coefficient (Wildman–Crippen LogP) is 2.07. The van der Waals surface area contributed by atoms with E-state index in [0.29, 0.717) is 6.54 Å². The summed E-state index contributed by atoms with van der Waals surface area (Å²) < 4.78 is 1.91. The maximum absolute atomic E-state index is 12.7. The zero-order valence-corrected chi connectivity index (χ0v) is 13.1. The first kappa shape index (κ1) is 14.8. The van der Waals surface area contributed by atoms with Gasteiger partial charge in [0.2, 0.25) is 0 Å². The molecule has 5 heteroatoms. The molecule has 1 amide bonds. The molecule has 22 heavy (non-hydrogen) atoms. The van der Waals surface area contributed by atoms with Gasteiger partial charge in [0, 0.05) is 42.8 Å². The molecule has 1 aliphatic heterocycles. The molecule has 0 radical (unpaired) electrons. The number of rotatable bonds is 2. The summed E-state index contributed by atoms with van der Waals surface area (Å²) in [4.78, 5) is 18.6. The molecule has 0 saturated carbocycles. The summed E-state index contributed by atoms with van der Waals surface area (Å²) in [6.07, 6.45) is 6.21. The minimum atomic E-state index is -0.0370. The van der Waals surface area contributed by atoms with Crippen LogP contribution >= 0.6 is 0 Å². The molecule has 5 nitrogen and oxygen atoms in total. The third-order valence-corrected chi connectivity index (χ3v) is 4.52. The Morgan fingerprint density at radius 1 is 1.32 bits per heavy atom. The Kier molecular flexibility index (Phi) is 3.74. The summed E-state index contributed by atoms with van der Waals surface area (Å²) in [5.41, 5.74) is 7.82. The van der Waals surface area contributed by atoms with Crippen molar-refractivity contribution in [2.75, 3.05) is 13.1 Å². The molecule has 1 fully saturated rings. The summed E-state index contributed by atoms with van der Waals surface area (Å²) in [6.45, 7) is 5.68. The predicted molar refractivity (Wildman–Crippen MR) is 85.8 cm³/mol. The highest BCUT2D eigenvalue weighted by Gasteiger charge is 2.35. The van der Waals surface area contributed by atoms with Crippen LogP contribution in [0.2, 0.25) is 0 Å². The lowest BCUT2D eigenvalue weighted by Crippen LogP contribution is -2.53. The van der Waals surface area contributed by atoms with Crippen molar-refractivity contribution >= 4 is 5.91 Å². The number of imidazole rings is 1. The second kappa shape index (κ2) is 5.57. The van der Waals surface area contributed by atoms with E-state index in [9.17, 15) is 4.79 Å². The molecule has 0 spiro atoms. The molecule has 2 heterocycles. The van der Waals surface area contributed by atoms with Crippen LogP contribution in [0.25, 0.3) is 5.69 Å². The third-order valence-electron chi connectivity index (χ3n) is 4.52. The molecule has 2 aromatic rings. The molecule has 2 N–H and O–H groups in total. The molecule has 1 aromatic carbocycles. The quantitative estimate of drug-likeness (QED) is 0.923. The van der Waals surface area contributed by atoms with Crippen molar-refractivity contribution in [3.8, 4) is 5.69 Å². The number of amides is 1. The maximum atomic E-state index is 12.7. The van der Waals surface area contributed by atoms with Crippen LogP contribution in [-0.2, 0) is 0 Å². The smallest absolute Gasteiger partial charge is 0.253 e. The number of carbonyl (C=O) groups excluding carboxylic acids is 1. The van der Waals surface area contributed by atoms with E-state index in [1.807, 2.05) is 39.9 Å². The fourth-order valence-electron chi connectivity index (χ4n) is 2.92. The van der Waals surface area contributed by atoms with Crippen molar-refractivity contribution in [3.05, 3.63) is 48.5 Å². The van der Waals surface area contributed by atoms with Crippen LogP contribution in [0.3, 0.4) is 0 Å². The zero-order valence-electron chi connectivity index (χ0n) is 13.1. The lowest BCUT2D eigenvalue weighted by molar-refractivity contribution is 0.0533. The standard InChI is InChI=1S/C17H22N4O/c1-17(2)11-20(9-7-15(17)18)16(22)13-3-5-14(6-4-13)21-10-8-19-12-21/h3-6,8,10,12,15H,7,9,11,18H2,1-2H3. The highest BCUT2D eigenvalue weighted by molar-refractivity contribution is 5.94. The van der Waals surface area contributed by atoms with Crippen LogP contribution in [-0.4, -0.2) is 39.5 Å². The average Bonchev–Trinajstić information content (AvgIpc) is 3.04. The monoisotopic (exact) mass is 298 g/mol. The number of carbonyl (C=O) groups is 1. The van der Waals surface area contributed by atoms with Crippen molar-refractivity contribution in [1.82, 2.24) is 14.5 Å². The molecule has 1 unspecified atom stereocenters. The van der Waals surface area contributed by atoms with Crippen LogP contribution < -0.4 is 5.73 Å². The Balaban J connectivity index is 1.75. The van der Waals surface area contributed by atoms with Gasteiger partial charge in [0.25, 0.3) is 5.91 Å². The van der Waals surface area contributed by atoms with Gasteiger partial charge >= 0.3 is 0 Å². The van der Waals surface area contributed by atoms with Crippen LogP contribution in [0.15, 0.2) is 43.0 Å². The third kappa shape index (κ3) is 2.76. The van der Waals surface area contributed by atoms with Crippen molar-refractivity contribution in [1.29, 1.82) is 0 Å². The second-order valence-electron chi connectivity index (χ2n) is 6.63. The van der Waals surface area contributed by atoms with E-state index < -0.39 is 0 Å². The highest BCUT2D eigenvalue weighted by Crippen LogP contribution is 2.28. The summed E-state index contributed by atoms with van der Waals surface area (Å²) in [7, 11) is 0. The fourth-order valence-corrected chi connectivity index (χ4v) is 2.92. The van der Waals surface area contributed by atoms with E-state index in [1.54, 1.807) is 12.5 Å². The fraction of sp³-hybridized carbons (Fsp3) is 0.412. The van der Waals surface area contributed by atoms with Crippen molar-refractivity contribution < 1.29 is 4.79 Å². The molecule has 1 aromatic heterocycles. The number of nitrogens with two attached hydrogens (primary N) is 1. The van der Waals surface area contributed by atoms with E-state index in [0.717, 1.165) is 24.2 Å². The summed E-state index contributed by atoms with van der Waals surface area (Å²) in [5, 5.41) is 0. The summed E-state index contributed by atoms with van der Waals surface area (Å²) >= 11 is 0. The Bertz CT molecular complexity index is 646. The van der Waals surface area contributed by atoms with Crippen LogP contribution in [0.1, 0.15) is 30.6 Å². The first-order valence-corrected chi connectivity index (χ1v) is 7.61. The molecule has 1 aliphatic rings. The van der Waals surface area contributed by atoms with E-state index in [-0.39, 0.29) is 17.4 Å². The molecule has 0 aliphatic carbocycles. The van der Waals surface area contributed by atoms with Gasteiger partial charge in [-0.2, -0.15) is 0 Å². The van der Waals surface area contributed by atoms with E-state index in [2.05, 4.69) is 18.8 Å². The molecule has 116 valence electrons. The van der Waals surface area contributed by atoms with Crippen LogP contribution in [0.4, 0.5) is 0 Å². The summed E-state index contributed by atoms with van der Waals surface area (Å²) in [5.74, 6) is 0.0807. The van der Waals surface area contributed by atoms with Crippen molar-refractivity contribution in [3.63, 3.8) is 0 Å². The minimum Gasteiger partial charge on any atom is -0.338 e. The van der Waals surface area contributed by atoms with Gasteiger partial charge in [0.15, 0.2) is 0 Å². The zero-order chi connectivity index (χ0) is 15.7. The second-order valence-corrected chi connectivity index (χ2v) is 6.63. The normalized spacial score (nSPS) is 20.9. The van der Waals surface area contributed by atoms with Crippen molar-refractivity contribution in [2.24, 2.45) is 11.1 Å². The largest absolute Gasteiger partial charge is 0.338 e. The topological polar surface area (TPSA) is 64.2 Å². The van der Waals surface area contributed by atoms with Crippen molar-refractivity contribution in [2.45, 2.75) is 26.3 Å². The number of aromatic nitrogens is 2. The van der Waals surface area contributed by atoms with Crippen LogP contribution in [0.5, 0.6) is 0 Å². The Hall–Kier alpha value is -2.14. The van der Waals surface area contributed by atoms with Gasteiger partial charge < -0.3 is 15.2 Å². The van der Waals surface area contributed by atoms with E-state index in [1.165, 1.54) is 0 Å². The van der Waals surface area contributed by atoms with Gasteiger partial charge in [-0.25, -0.2) is 4.98 Å². The number of benzene rings is 1. The first-order chi connectivity index (χ1) is 10.5. The number of piperidine rings is 1. The Morgan fingerprint density at radius 3 is 2.64 bits per heavy atom. The van der Waals surface area contributed by atoms with Crippen LogP contribution in [0, 0.1) is 5.41 Å². The molecule has 1 atom stereocenters. The van der Waals surface area contributed by atoms with Gasteiger partial charge in [0.05, 0.1) is 6.33 Å². The Labute approximate surface area is 130 Å². The molecule has 1 saturated heterocycles. The number of likely N-dealkylation sites (tertiary alicyclic amines) is 1. The molecular weight excluding hydrogens is 276 g/mol. The van der Waals surface area contributed by atoms with E-state index >= 15 is 0 Å². The molecule has 3 rings (SSSR count). The highest BCUT2D eigenvalue weighted by atomic mass is 16.2.